The van der Waals surface area contributed by atoms with Crippen molar-refractivity contribution in [3.05, 3.63) is 107 Å². The molecule has 12 nitrogen and oxygen atoms in total. The summed E-state index contributed by atoms with van der Waals surface area (Å²) in [5, 5.41) is 5.84. The highest BCUT2D eigenvalue weighted by Crippen LogP contribution is 2.39. The highest BCUT2D eigenvalue weighted by Gasteiger charge is 2.53. The zero-order valence-corrected chi connectivity index (χ0v) is 29.2. The molecule has 1 unspecified atom stereocenters. The number of Topliss-reactive ketones (excluding diaryl/α,β-unsaturated/α-hetero) is 1. The standard InChI is InChI=1S/C36H37ClFN5O7S/c1-2-7-28(32(44)34(46)39-26-14-15-26)40-33(45)30-20-36(19-29(41-50-36)23-10-6-11-24(37)18-23)21-43(30)35(47)31(22-8-4-3-5-9-22)42-51(48,49)27-16-12-25(38)13-17-27/h3-6,8-13,16-19,26,28,30-31,41-42H,2,7,14-15,20-21H2,1H3,(H,39,46)(H,40,45)/t28-,30-,31?,36+/m0/s1. The van der Waals surface area contributed by atoms with Gasteiger partial charge in [-0.1, -0.05) is 67.4 Å². The first-order valence-electron chi connectivity index (χ1n) is 16.6. The van der Waals surface area contributed by atoms with Crippen LogP contribution in [0.4, 0.5) is 4.39 Å². The molecule has 0 bridgehead atoms. The largest absolute Gasteiger partial charge is 0.347 e. The highest BCUT2D eigenvalue weighted by atomic mass is 35.5. The van der Waals surface area contributed by atoms with Crippen LogP contribution < -0.4 is 20.8 Å². The van der Waals surface area contributed by atoms with E-state index >= 15 is 0 Å². The van der Waals surface area contributed by atoms with E-state index in [9.17, 15) is 32.0 Å². The molecular weight excluding hydrogens is 701 g/mol. The number of amides is 3. The van der Waals surface area contributed by atoms with Gasteiger partial charge < -0.3 is 15.5 Å². The van der Waals surface area contributed by atoms with Crippen LogP contribution in [0.3, 0.4) is 0 Å². The number of nitrogens with one attached hydrogen (secondary N) is 4. The molecule has 3 aromatic rings. The average molecular weight is 738 g/mol. The first-order chi connectivity index (χ1) is 24.4. The molecule has 3 amide bonds. The molecule has 0 radical (unpaired) electrons. The topological polar surface area (TPSA) is 163 Å². The van der Waals surface area contributed by atoms with E-state index in [0.717, 1.165) is 37.1 Å². The molecule has 2 heterocycles. The number of carbonyl (C=O) groups is 4. The van der Waals surface area contributed by atoms with E-state index < -0.39 is 63.1 Å². The van der Waals surface area contributed by atoms with Gasteiger partial charge >= 0.3 is 0 Å². The molecule has 4 N–H and O–H groups in total. The Bertz CT molecular complexity index is 1960. The van der Waals surface area contributed by atoms with Gasteiger partial charge in [0.1, 0.15) is 23.5 Å². The van der Waals surface area contributed by atoms with Crippen molar-refractivity contribution in [2.24, 2.45) is 0 Å². The maximum Gasteiger partial charge on any atom is 0.289 e. The number of nitrogens with zero attached hydrogens (tertiary/aromatic N) is 1. The zero-order chi connectivity index (χ0) is 36.3. The smallest absolute Gasteiger partial charge is 0.289 e. The molecule has 51 heavy (non-hydrogen) atoms. The molecule has 1 aliphatic carbocycles. The fourth-order valence-electron chi connectivity index (χ4n) is 6.20. The average Bonchev–Trinajstić information content (AvgIpc) is 3.71. The molecule has 1 saturated carbocycles. The summed E-state index contributed by atoms with van der Waals surface area (Å²) in [5.41, 5.74) is 3.14. The Morgan fingerprint density at radius 3 is 2.43 bits per heavy atom. The summed E-state index contributed by atoms with van der Waals surface area (Å²) in [6.45, 7) is 1.63. The lowest BCUT2D eigenvalue weighted by Gasteiger charge is -2.30. The summed E-state index contributed by atoms with van der Waals surface area (Å²) in [6.07, 6.45) is 3.87. The van der Waals surface area contributed by atoms with E-state index in [1.807, 2.05) is 6.92 Å². The number of ketones is 1. The van der Waals surface area contributed by atoms with E-state index in [1.165, 1.54) is 4.90 Å². The van der Waals surface area contributed by atoms with Crippen molar-refractivity contribution in [3.63, 3.8) is 0 Å². The van der Waals surface area contributed by atoms with Gasteiger partial charge in [-0.25, -0.2) is 12.8 Å². The summed E-state index contributed by atoms with van der Waals surface area (Å²) < 4.78 is 43.2. The number of hydrogen-bond donors (Lipinski definition) is 4. The normalized spacial score (nSPS) is 21.0. The monoisotopic (exact) mass is 737 g/mol. The predicted molar refractivity (Wildman–Crippen MR) is 185 cm³/mol. The summed E-state index contributed by atoms with van der Waals surface area (Å²) in [6, 6.07) is 15.2. The zero-order valence-electron chi connectivity index (χ0n) is 27.6. The SMILES string of the molecule is CCC[C@H](NC(=O)[C@@H]1C[C@]2(C=C(c3cccc(Cl)c3)NO2)CN1C(=O)C(NS(=O)(=O)c1ccc(F)cc1)c1ccccc1)C(=O)C(=O)NC1CC1. The Morgan fingerprint density at radius 2 is 1.76 bits per heavy atom. The van der Waals surface area contributed by atoms with Crippen molar-refractivity contribution in [2.75, 3.05) is 6.54 Å². The molecule has 0 aromatic heterocycles. The Hall–Kier alpha value is -4.63. The van der Waals surface area contributed by atoms with Gasteiger partial charge in [0.2, 0.25) is 27.6 Å². The van der Waals surface area contributed by atoms with Gasteiger partial charge in [-0.2, -0.15) is 4.72 Å². The second kappa shape index (κ2) is 14.9. The van der Waals surface area contributed by atoms with Crippen LogP contribution in [0.15, 0.2) is 89.8 Å². The van der Waals surface area contributed by atoms with Crippen LogP contribution in [0.5, 0.6) is 0 Å². The number of rotatable bonds is 13. The Labute approximate surface area is 299 Å². The Kier molecular flexibility index (Phi) is 10.6. The molecular formula is C36H37ClFN5O7S. The van der Waals surface area contributed by atoms with E-state index in [1.54, 1.807) is 60.7 Å². The van der Waals surface area contributed by atoms with Crippen LogP contribution in [-0.4, -0.2) is 67.1 Å². The third-order valence-electron chi connectivity index (χ3n) is 8.97. The number of likely N-dealkylation sites (tertiary alicyclic amines) is 1. The minimum atomic E-state index is -4.39. The first kappa shape index (κ1) is 36.2. The van der Waals surface area contributed by atoms with Crippen molar-refractivity contribution in [1.29, 1.82) is 0 Å². The van der Waals surface area contributed by atoms with Crippen molar-refractivity contribution >= 4 is 50.8 Å². The van der Waals surface area contributed by atoms with Gasteiger partial charge in [-0.3, -0.25) is 29.5 Å². The lowest BCUT2D eigenvalue weighted by molar-refractivity contribution is -0.143. The number of hydrogen-bond acceptors (Lipinski definition) is 8. The van der Waals surface area contributed by atoms with E-state index in [0.29, 0.717) is 22.7 Å². The van der Waals surface area contributed by atoms with Gasteiger partial charge in [0.15, 0.2) is 0 Å². The van der Waals surface area contributed by atoms with Crippen LogP contribution in [0.1, 0.15) is 56.2 Å². The summed E-state index contributed by atoms with van der Waals surface area (Å²) in [4.78, 5) is 61.7. The van der Waals surface area contributed by atoms with E-state index in [2.05, 4.69) is 20.8 Å². The lowest BCUT2D eigenvalue weighted by Crippen LogP contribution is -2.54. The van der Waals surface area contributed by atoms with Crippen molar-refractivity contribution in [2.45, 2.75) is 73.7 Å². The van der Waals surface area contributed by atoms with Crippen LogP contribution in [-0.2, 0) is 34.0 Å². The molecule has 2 fully saturated rings. The number of sulfonamides is 1. The van der Waals surface area contributed by atoms with Crippen LogP contribution >= 0.6 is 11.6 Å². The Balaban J connectivity index is 1.34. The van der Waals surface area contributed by atoms with Gasteiger partial charge in [0, 0.05) is 23.0 Å². The van der Waals surface area contributed by atoms with Gasteiger partial charge in [0.05, 0.1) is 23.2 Å². The van der Waals surface area contributed by atoms with Crippen LogP contribution in [0.25, 0.3) is 5.70 Å². The minimum absolute atomic E-state index is 0.0664. The maximum absolute atomic E-state index is 14.7. The van der Waals surface area contributed by atoms with Crippen LogP contribution in [0.2, 0.25) is 5.02 Å². The molecule has 15 heteroatoms. The van der Waals surface area contributed by atoms with E-state index in [-0.39, 0.29) is 35.9 Å². The highest BCUT2D eigenvalue weighted by molar-refractivity contribution is 7.89. The third-order valence-corrected chi connectivity index (χ3v) is 10.6. The quantitative estimate of drug-likeness (QED) is 0.194. The molecule has 2 aliphatic heterocycles. The van der Waals surface area contributed by atoms with Crippen molar-refractivity contribution in [3.8, 4) is 0 Å². The fraction of sp³-hybridized carbons (Fsp3) is 0.333. The second-order valence-electron chi connectivity index (χ2n) is 12.9. The molecule has 3 aromatic carbocycles. The minimum Gasteiger partial charge on any atom is -0.347 e. The number of halogens is 2. The van der Waals surface area contributed by atoms with Crippen molar-refractivity contribution < 1.29 is 36.8 Å². The molecule has 1 spiro atoms. The predicted octanol–water partition coefficient (Wildman–Crippen LogP) is 3.55. The molecule has 6 rings (SSSR count). The molecule has 4 atom stereocenters. The maximum atomic E-state index is 14.7. The summed E-state index contributed by atoms with van der Waals surface area (Å²) in [5.74, 6) is -3.71. The first-order valence-corrected chi connectivity index (χ1v) is 18.5. The fourth-order valence-corrected chi connectivity index (χ4v) is 7.57. The second-order valence-corrected chi connectivity index (χ2v) is 15.1. The summed E-state index contributed by atoms with van der Waals surface area (Å²) in [7, 11) is -4.39. The van der Waals surface area contributed by atoms with Crippen molar-refractivity contribution in [1.82, 2.24) is 25.7 Å². The van der Waals surface area contributed by atoms with Gasteiger partial charge in [0.25, 0.3) is 5.91 Å². The van der Waals surface area contributed by atoms with Gasteiger partial charge in [-0.15, -0.1) is 0 Å². The Morgan fingerprint density at radius 1 is 1.04 bits per heavy atom. The number of carbonyl (C=O) groups excluding carboxylic acids is 4. The van der Waals surface area contributed by atoms with Gasteiger partial charge in [-0.05, 0) is 67.3 Å². The lowest BCUT2D eigenvalue weighted by atomic mass is 9.97. The summed E-state index contributed by atoms with van der Waals surface area (Å²) >= 11 is 6.22. The molecule has 3 aliphatic rings. The molecule has 1 saturated heterocycles. The number of hydroxylamine groups is 1. The number of benzene rings is 3. The van der Waals surface area contributed by atoms with Crippen LogP contribution in [0, 0.1) is 5.82 Å². The molecule has 268 valence electrons. The van der Waals surface area contributed by atoms with E-state index in [4.69, 9.17) is 16.4 Å². The third kappa shape index (κ3) is 8.30.